The van der Waals surface area contributed by atoms with Gasteiger partial charge in [-0.25, -0.2) is 14.6 Å². The van der Waals surface area contributed by atoms with Crippen LogP contribution in [0.3, 0.4) is 0 Å². The largest absolute Gasteiger partial charge is 0.497 e. The number of ether oxygens (including phenoxy) is 3. The topological polar surface area (TPSA) is 131 Å². The molecule has 5 heterocycles. The van der Waals surface area contributed by atoms with Crippen LogP contribution in [0.25, 0.3) is 90.9 Å². The summed E-state index contributed by atoms with van der Waals surface area (Å²) in [5.41, 5.74) is 18.0. The first-order chi connectivity index (χ1) is 43.1. The number of hydrogen-bond acceptors (Lipinski definition) is 9. The Labute approximate surface area is 516 Å². The quantitative estimate of drug-likeness (QED) is 0.0410. The van der Waals surface area contributed by atoms with E-state index in [0.29, 0.717) is 0 Å². The number of rotatable bonds is 21. The van der Waals surface area contributed by atoms with Crippen molar-refractivity contribution in [1.82, 2.24) is 24.6 Å². The molecule has 1 unspecified atom stereocenters. The number of nitriles is 1. The van der Waals surface area contributed by atoms with Crippen LogP contribution >= 0.6 is 8.53 Å². The molecule has 2 N–H and O–H groups in total. The highest BCUT2D eigenvalue weighted by atomic mass is 31.2. The Bertz CT molecular complexity index is 4260. The maximum Gasteiger partial charge on any atom is 0.259 e. The molecule has 2 aliphatic rings. The number of benzene rings is 7. The summed E-state index contributed by atoms with van der Waals surface area (Å²) >= 11 is 0. The Morgan fingerprint density at radius 2 is 0.830 bits per heavy atom. The van der Waals surface area contributed by atoms with Crippen LogP contribution in [0, 0.1) is 11.3 Å². The Hall–Kier alpha value is -9.50. The minimum atomic E-state index is -1.60. The molecule has 88 heavy (non-hydrogen) atoms. The van der Waals surface area contributed by atoms with E-state index in [1.165, 1.54) is 0 Å². The number of fused-ring (bicyclic) bond motifs is 8. The summed E-state index contributed by atoms with van der Waals surface area (Å²) in [6, 6.07) is 75.6. The highest BCUT2D eigenvalue weighted by Crippen LogP contribution is 2.48. The normalized spacial score (nSPS) is 12.5. The predicted octanol–water partition coefficient (Wildman–Crippen LogP) is 18.6. The molecule has 12 heteroatoms. The molecule has 3 aromatic heterocycles. The van der Waals surface area contributed by atoms with Gasteiger partial charge in [-0.3, -0.25) is 0 Å². The van der Waals surface area contributed by atoms with Gasteiger partial charge >= 0.3 is 0 Å². The fourth-order valence-electron chi connectivity index (χ4n) is 12.0. The lowest BCUT2D eigenvalue weighted by Gasteiger charge is -2.36. The number of H-pyrrole nitrogens is 2. The monoisotopic (exact) mass is 1180 g/mol. The van der Waals surface area contributed by atoms with Gasteiger partial charge in [0.05, 0.1) is 69.3 Å². The molecule has 8 bridgehead atoms. The molecule has 0 spiro atoms. The van der Waals surface area contributed by atoms with Crippen molar-refractivity contribution >= 4 is 54.9 Å². The van der Waals surface area contributed by atoms with Crippen LogP contribution in [0.15, 0.2) is 212 Å². The molecule has 0 amide bonds. The first-order valence-electron chi connectivity index (χ1n) is 29.8. The highest BCUT2D eigenvalue weighted by molar-refractivity contribution is 7.44. The van der Waals surface area contributed by atoms with Crippen molar-refractivity contribution < 1.29 is 23.3 Å². The number of methoxy groups -OCH3 is 2. The third-order valence-corrected chi connectivity index (χ3v) is 18.0. The van der Waals surface area contributed by atoms with E-state index in [4.69, 9.17) is 33.2 Å². The lowest BCUT2D eigenvalue weighted by atomic mass is 9.80. The Morgan fingerprint density at radius 3 is 1.22 bits per heavy atom. The van der Waals surface area contributed by atoms with Gasteiger partial charge in [0.25, 0.3) is 8.53 Å². The van der Waals surface area contributed by atoms with Gasteiger partial charge in [0.2, 0.25) is 0 Å². The summed E-state index contributed by atoms with van der Waals surface area (Å²) in [6.07, 6.45) is 8.75. The molecular formula is C76H69N6O5P. The van der Waals surface area contributed by atoms with E-state index in [0.717, 1.165) is 129 Å². The van der Waals surface area contributed by atoms with Gasteiger partial charge in [-0.05, 0) is 163 Å². The molecule has 10 aromatic rings. The van der Waals surface area contributed by atoms with E-state index >= 15 is 0 Å². The number of aromatic amines is 2. The van der Waals surface area contributed by atoms with Gasteiger partial charge in [0.1, 0.15) is 17.1 Å². The molecule has 7 aromatic carbocycles. The minimum absolute atomic E-state index is 0.103. The average Bonchev–Trinajstić information content (AvgIpc) is 2.04. The molecule has 0 saturated heterocycles. The summed E-state index contributed by atoms with van der Waals surface area (Å²) in [5.74, 6) is 1.47. The second kappa shape index (κ2) is 26.6. The maximum atomic E-state index is 9.64. The number of nitrogens with one attached hydrogen (secondary N) is 2. The van der Waals surface area contributed by atoms with Crippen molar-refractivity contribution in [3.05, 3.63) is 263 Å². The summed E-state index contributed by atoms with van der Waals surface area (Å²) in [7, 11) is 1.75. The van der Waals surface area contributed by atoms with E-state index < -0.39 is 14.1 Å². The molecule has 1 atom stereocenters. The molecule has 2 aliphatic heterocycles. The zero-order valence-electron chi connectivity index (χ0n) is 50.3. The summed E-state index contributed by atoms with van der Waals surface area (Å²) in [4.78, 5) is 19.1. The fraction of sp³-hybridized carbons (Fsp3) is 0.171. The van der Waals surface area contributed by atoms with Crippen molar-refractivity contribution in [2.75, 3.05) is 20.8 Å². The fourth-order valence-corrected chi connectivity index (χ4v) is 13.6. The molecule has 0 fully saturated rings. The first-order valence-corrected chi connectivity index (χ1v) is 30.9. The third-order valence-electron chi connectivity index (χ3n) is 15.9. The van der Waals surface area contributed by atoms with E-state index in [1.807, 2.05) is 60.7 Å². The summed E-state index contributed by atoms with van der Waals surface area (Å²) in [6.45, 7) is 9.19. The van der Waals surface area contributed by atoms with E-state index in [1.54, 1.807) is 14.2 Å². The number of aromatic nitrogens is 4. The van der Waals surface area contributed by atoms with Crippen molar-refractivity contribution in [3.63, 3.8) is 0 Å². The third kappa shape index (κ3) is 12.3. The molecule has 11 nitrogen and oxygen atoms in total. The van der Waals surface area contributed by atoms with Crippen molar-refractivity contribution in [3.8, 4) is 62.1 Å². The predicted molar refractivity (Wildman–Crippen MR) is 358 cm³/mol. The van der Waals surface area contributed by atoms with Gasteiger partial charge in [-0.2, -0.15) is 5.26 Å². The highest BCUT2D eigenvalue weighted by Gasteiger charge is 2.38. The summed E-state index contributed by atoms with van der Waals surface area (Å²) < 4.78 is 34.9. The van der Waals surface area contributed by atoms with Crippen molar-refractivity contribution in [2.24, 2.45) is 0 Å². The van der Waals surface area contributed by atoms with Crippen LogP contribution in [0.1, 0.15) is 84.7 Å². The van der Waals surface area contributed by atoms with Gasteiger partial charge in [0.15, 0.2) is 0 Å². The zero-order valence-corrected chi connectivity index (χ0v) is 51.2. The first kappa shape index (κ1) is 58.9. The zero-order chi connectivity index (χ0) is 60.6. The molecular weight excluding hydrogens is 1110 g/mol. The van der Waals surface area contributed by atoms with Crippen LogP contribution in [0.4, 0.5) is 0 Å². The van der Waals surface area contributed by atoms with Crippen LogP contribution < -0.4 is 9.47 Å². The van der Waals surface area contributed by atoms with E-state index in [-0.39, 0.29) is 38.3 Å². The minimum Gasteiger partial charge on any atom is -0.497 e. The van der Waals surface area contributed by atoms with Gasteiger partial charge in [-0.1, -0.05) is 152 Å². The Morgan fingerprint density at radius 1 is 0.455 bits per heavy atom. The van der Waals surface area contributed by atoms with Crippen LogP contribution in [0.5, 0.6) is 11.5 Å². The summed E-state index contributed by atoms with van der Waals surface area (Å²) in [5, 5.41) is 9.64. The second-order valence-corrected chi connectivity index (χ2v) is 23.7. The molecule has 0 aliphatic carbocycles. The smallest absolute Gasteiger partial charge is 0.259 e. The SMILES string of the molecule is COc1ccc(C(OCc2cc(COP(OCCC#N)N(C(C)C)C(C)C)cc(-c3c4nc(c(-c5ccccc5)c5ccc([nH]5)c(-c5ccccc5)c5nc(c(-c6ccccc6)c6ccc3[nH]6)C=C5)C=C4)c2)(c2ccccc2)c2ccc(OC)cc2)cc1. The molecule has 0 radical (unpaired) electrons. The van der Waals surface area contributed by atoms with Crippen LogP contribution in [0.2, 0.25) is 0 Å². The lowest BCUT2D eigenvalue weighted by Crippen LogP contribution is -2.33. The molecule has 438 valence electrons. The molecule has 12 rings (SSSR count). The van der Waals surface area contributed by atoms with Crippen molar-refractivity contribution in [2.45, 2.75) is 65.0 Å². The second-order valence-electron chi connectivity index (χ2n) is 22.3. The standard InChI is InChI=1S/C76H69N6O5P/c1-51(2)82(52(3)4)88(86-45-19-44-77)87-50-54-46-53(49-85-76(59-26-17-10-18-27-59,60-28-32-62(83-5)33-29-60)61-30-34-63(84-6)35-31-61)47-58(48-54)75-70-42-40-68(80-70)73(56-22-13-8-14-23-56)66-38-36-64(78-66)72(55-20-11-7-12-21-55)65-37-39-67(79-65)74(57-24-15-9-16-25-57)69-41-43-71(75)81-69/h7-18,20-43,46-48,51-52,78,81H,19,45,49-50H2,1-6H3. The molecule has 0 saturated carbocycles. The maximum absolute atomic E-state index is 9.64. The van der Waals surface area contributed by atoms with Crippen LogP contribution in [-0.4, -0.2) is 57.5 Å². The number of hydrogen-bond donors (Lipinski definition) is 2. The Balaban J connectivity index is 1.12. The average molecular weight is 1180 g/mol. The lowest BCUT2D eigenvalue weighted by molar-refractivity contribution is 0.000161. The van der Waals surface area contributed by atoms with Crippen molar-refractivity contribution in [1.29, 1.82) is 5.26 Å². The van der Waals surface area contributed by atoms with E-state index in [2.05, 4.69) is 224 Å². The van der Waals surface area contributed by atoms with E-state index in [9.17, 15) is 5.26 Å². The van der Waals surface area contributed by atoms with Gasteiger partial charge in [0, 0.05) is 56.4 Å². The Kier molecular flexibility index (Phi) is 17.8. The van der Waals surface area contributed by atoms with Gasteiger partial charge < -0.3 is 33.2 Å². The van der Waals surface area contributed by atoms with Gasteiger partial charge in [-0.15, -0.1) is 0 Å². The van der Waals surface area contributed by atoms with Crippen LogP contribution in [-0.2, 0) is 32.6 Å². The number of nitrogens with zero attached hydrogens (tertiary/aromatic N) is 4.